The minimum Gasteiger partial charge on any atom is -0.271 e. The Morgan fingerprint density at radius 2 is 1.68 bits per heavy atom. The number of aromatic nitrogens is 1. The highest BCUT2D eigenvalue weighted by molar-refractivity contribution is 5.14. The lowest BCUT2D eigenvalue weighted by molar-refractivity contribution is -0.655. The van der Waals surface area contributed by atoms with Crippen molar-refractivity contribution in [1.29, 1.82) is 0 Å². The number of nitrogens with zero attached hydrogens (tertiary/aromatic N) is 1. The Kier molecular flexibility index (Phi) is 5.31. The summed E-state index contributed by atoms with van der Waals surface area (Å²) in [6.45, 7) is 1.53. The van der Waals surface area contributed by atoms with E-state index in [0.717, 1.165) is 18.5 Å². The fourth-order valence-corrected chi connectivity index (χ4v) is 1.77. The summed E-state index contributed by atoms with van der Waals surface area (Å²) in [5.41, 5.74) is 11.4. The highest BCUT2D eigenvalue weighted by Crippen LogP contribution is 1.97. The summed E-state index contributed by atoms with van der Waals surface area (Å²) >= 11 is 0. The molecule has 100 valence electrons. The first kappa shape index (κ1) is 13.5. The van der Waals surface area contributed by atoms with Gasteiger partial charge in [-0.2, -0.15) is 5.43 Å². The molecule has 0 aliphatic carbocycles. The van der Waals surface area contributed by atoms with Gasteiger partial charge in [-0.1, -0.05) is 35.0 Å². The zero-order valence-corrected chi connectivity index (χ0v) is 10.8. The maximum absolute atomic E-state index is 5.27. The second-order valence-corrected chi connectivity index (χ2v) is 4.27. The third-order valence-corrected chi connectivity index (χ3v) is 2.79. The van der Waals surface area contributed by atoms with Gasteiger partial charge in [0.05, 0.1) is 0 Å². The summed E-state index contributed by atoms with van der Waals surface area (Å²) in [5, 5.41) is 0. The molecule has 0 bridgehead atoms. The Labute approximate surface area is 113 Å². The molecular weight excluding hydrogens is 238 g/mol. The largest absolute Gasteiger partial charge is 0.271 e. The van der Waals surface area contributed by atoms with Crippen molar-refractivity contribution in [2.45, 2.75) is 13.0 Å². The van der Waals surface area contributed by atoms with E-state index in [9.17, 15) is 0 Å². The van der Waals surface area contributed by atoms with E-state index in [1.165, 1.54) is 5.56 Å². The number of rotatable bonds is 7. The lowest BCUT2D eigenvalue weighted by Gasteiger charge is -2.04. The van der Waals surface area contributed by atoms with Gasteiger partial charge >= 0.3 is 0 Å². The number of hydrogen-bond acceptors (Lipinski definition) is 4. The van der Waals surface area contributed by atoms with Gasteiger partial charge in [-0.3, -0.25) is 11.3 Å². The summed E-state index contributed by atoms with van der Waals surface area (Å²) in [6, 6.07) is 14.4. The first-order valence-corrected chi connectivity index (χ1v) is 6.35. The van der Waals surface area contributed by atoms with Gasteiger partial charge in [-0.25, -0.2) is 0 Å². The van der Waals surface area contributed by atoms with Crippen LogP contribution in [0.3, 0.4) is 0 Å². The second-order valence-electron chi connectivity index (χ2n) is 4.27. The molecule has 5 nitrogen and oxygen atoms in total. The number of hydrazine groups is 2. The summed E-state index contributed by atoms with van der Waals surface area (Å²) in [4.78, 5) is 0. The van der Waals surface area contributed by atoms with Crippen molar-refractivity contribution in [2.24, 2.45) is 5.84 Å². The molecule has 0 amide bonds. The maximum atomic E-state index is 5.27. The van der Waals surface area contributed by atoms with Crippen LogP contribution in [0.1, 0.15) is 11.1 Å². The van der Waals surface area contributed by atoms with E-state index in [-0.39, 0.29) is 0 Å². The van der Waals surface area contributed by atoms with Gasteiger partial charge in [0, 0.05) is 25.2 Å². The first-order chi connectivity index (χ1) is 9.38. The number of nitrogens with one attached hydrogen (secondary N) is 3. The Morgan fingerprint density at radius 3 is 2.37 bits per heavy atom. The summed E-state index contributed by atoms with van der Waals surface area (Å²) in [7, 11) is 0. The van der Waals surface area contributed by atoms with E-state index in [0.29, 0.717) is 6.54 Å². The third kappa shape index (κ3) is 4.67. The van der Waals surface area contributed by atoms with E-state index in [2.05, 4.69) is 40.7 Å². The monoisotopic (exact) mass is 258 g/mol. The zero-order valence-electron chi connectivity index (χ0n) is 10.8. The minimum atomic E-state index is 0.669. The van der Waals surface area contributed by atoms with Crippen molar-refractivity contribution in [3.63, 3.8) is 0 Å². The van der Waals surface area contributed by atoms with E-state index in [1.54, 1.807) is 0 Å². The summed E-state index contributed by atoms with van der Waals surface area (Å²) in [6.07, 6.45) is 4.88. The Bertz CT molecular complexity index is 469. The molecule has 0 aliphatic rings. The van der Waals surface area contributed by atoms with Crippen LogP contribution >= 0.6 is 0 Å². The van der Waals surface area contributed by atoms with E-state index in [1.807, 2.05) is 35.3 Å². The predicted octanol–water partition coefficient (Wildman–Crippen LogP) is 0.228. The molecule has 19 heavy (non-hydrogen) atoms. The lowest BCUT2D eigenvalue weighted by Crippen LogP contribution is -2.52. The molecule has 2 rings (SSSR count). The van der Waals surface area contributed by atoms with Crippen LogP contribution in [-0.4, -0.2) is 6.54 Å². The molecule has 0 atom stereocenters. The van der Waals surface area contributed by atoms with Crippen LogP contribution in [-0.2, 0) is 13.0 Å². The van der Waals surface area contributed by atoms with Crippen molar-refractivity contribution in [3.05, 3.63) is 66.0 Å². The number of benzene rings is 1. The molecule has 5 N–H and O–H groups in total. The predicted molar refractivity (Wildman–Crippen MR) is 75.2 cm³/mol. The molecule has 0 saturated carbocycles. The van der Waals surface area contributed by atoms with Crippen molar-refractivity contribution >= 4 is 0 Å². The van der Waals surface area contributed by atoms with Crippen molar-refractivity contribution in [1.82, 2.24) is 10.9 Å². The van der Waals surface area contributed by atoms with Crippen LogP contribution in [0.25, 0.3) is 0 Å². The van der Waals surface area contributed by atoms with Crippen LogP contribution in [0.4, 0.5) is 0 Å². The maximum Gasteiger partial charge on any atom is 0.201 e. The SMILES string of the molecule is NNCc1cc[n+](NNCCc2ccccc2)cc1. The molecule has 0 fully saturated rings. The molecule has 0 unspecified atom stereocenters. The molecule has 0 spiro atoms. The van der Waals surface area contributed by atoms with Crippen LogP contribution in [0.2, 0.25) is 0 Å². The average molecular weight is 258 g/mol. The number of nitrogens with two attached hydrogens (primary N) is 1. The van der Waals surface area contributed by atoms with Crippen LogP contribution in [0.15, 0.2) is 54.9 Å². The molecule has 1 heterocycles. The number of hydrogen-bond donors (Lipinski definition) is 4. The van der Waals surface area contributed by atoms with Gasteiger partial charge in [-0.15, -0.1) is 5.53 Å². The van der Waals surface area contributed by atoms with Crippen LogP contribution < -0.4 is 26.9 Å². The molecular formula is C14H20N5+. The van der Waals surface area contributed by atoms with Crippen molar-refractivity contribution in [3.8, 4) is 0 Å². The molecule has 0 radical (unpaired) electrons. The number of pyridine rings is 1. The Balaban J connectivity index is 1.70. The highest BCUT2D eigenvalue weighted by atomic mass is 15.6. The Hall–Kier alpha value is -1.95. The second kappa shape index (κ2) is 7.48. The van der Waals surface area contributed by atoms with Gasteiger partial charge in [0.25, 0.3) is 0 Å². The molecule has 1 aromatic heterocycles. The average Bonchev–Trinajstić information content (AvgIpc) is 2.47. The van der Waals surface area contributed by atoms with Gasteiger partial charge < -0.3 is 0 Å². The van der Waals surface area contributed by atoms with Crippen LogP contribution in [0, 0.1) is 0 Å². The molecule has 1 aromatic carbocycles. The normalized spacial score (nSPS) is 10.4. The van der Waals surface area contributed by atoms with Crippen molar-refractivity contribution in [2.75, 3.05) is 12.1 Å². The van der Waals surface area contributed by atoms with Gasteiger partial charge in [0.1, 0.15) is 0 Å². The summed E-state index contributed by atoms with van der Waals surface area (Å²) < 4.78 is 1.87. The third-order valence-electron chi connectivity index (χ3n) is 2.79. The molecule has 0 saturated heterocycles. The molecule has 0 aliphatic heterocycles. The smallest absolute Gasteiger partial charge is 0.201 e. The van der Waals surface area contributed by atoms with Gasteiger partial charge in [0.2, 0.25) is 12.4 Å². The topological polar surface area (TPSA) is 66.0 Å². The zero-order chi connectivity index (χ0) is 13.3. The van der Waals surface area contributed by atoms with Gasteiger partial charge in [0.15, 0.2) is 0 Å². The molecule has 5 heteroatoms. The van der Waals surface area contributed by atoms with Crippen molar-refractivity contribution < 1.29 is 4.68 Å². The quantitative estimate of drug-likeness (QED) is 0.248. The van der Waals surface area contributed by atoms with E-state index >= 15 is 0 Å². The van der Waals surface area contributed by atoms with E-state index in [4.69, 9.17) is 5.84 Å². The Morgan fingerprint density at radius 1 is 0.947 bits per heavy atom. The highest BCUT2D eigenvalue weighted by Gasteiger charge is 1.99. The first-order valence-electron chi connectivity index (χ1n) is 6.35. The lowest BCUT2D eigenvalue weighted by atomic mass is 10.2. The minimum absolute atomic E-state index is 0.669. The van der Waals surface area contributed by atoms with E-state index < -0.39 is 0 Å². The van der Waals surface area contributed by atoms with Crippen LogP contribution in [0.5, 0.6) is 0 Å². The summed E-state index contributed by atoms with van der Waals surface area (Å²) in [5.74, 6) is 5.27. The van der Waals surface area contributed by atoms with Gasteiger partial charge in [-0.05, 0) is 17.5 Å². The fourth-order valence-electron chi connectivity index (χ4n) is 1.77. The standard InChI is InChI=1S/C14H20N5/c15-16-12-14-7-10-19(11-8-14)18-17-9-6-13-4-2-1-3-5-13/h1-5,7-8,10-11,16-18H,6,9,12,15H2/q+1. The fraction of sp³-hybridized carbons (Fsp3) is 0.214. The molecule has 2 aromatic rings.